The van der Waals surface area contributed by atoms with Crippen LogP contribution in [0, 0.1) is 5.92 Å². The number of anilines is 1. The first-order valence-electron chi connectivity index (χ1n) is 9.96. The Balaban J connectivity index is 1.48. The molecule has 0 bridgehead atoms. The number of piperidine rings is 1. The van der Waals surface area contributed by atoms with Crippen LogP contribution in [0.15, 0.2) is 48.5 Å². The molecule has 29 heavy (non-hydrogen) atoms. The Hall–Kier alpha value is -3.15. The number of hydrogen-bond donors (Lipinski definition) is 2. The molecule has 0 aliphatic carbocycles. The smallest absolute Gasteiger partial charge is 0.337 e. The van der Waals surface area contributed by atoms with Gasteiger partial charge in [-0.2, -0.15) is 0 Å². The van der Waals surface area contributed by atoms with Crippen molar-refractivity contribution in [1.82, 2.24) is 4.90 Å². The predicted octanol–water partition coefficient (Wildman–Crippen LogP) is 3.87. The van der Waals surface area contributed by atoms with E-state index in [2.05, 4.69) is 0 Å². The van der Waals surface area contributed by atoms with Crippen LogP contribution in [0.3, 0.4) is 0 Å². The van der Waals surface area contributed by atoms with Crippen molar-refractivity contribution in [1.29, 1.82) is 0 Å². The Morgan fingerprint density at radius 2 is 1.62 bits per heavy atom. The zero-order valence-corrected chi connectivity index (χ0v) is 16.3. The molecule has 2 aromatic rings. The third kappa shape index (κ3) is 5.02. The number of Topliss-reactive ketones (excluding diaryl/α,β-unsaturated/α-hetero) is 1. The van der Waals surface area contributed by atoms with Crippen LogP contribution in [0.5, 0.6) is 0 Å². The van der Waals surface area contributed by atoms with Crippen LogP contribution in [0.2, 0.25) is 0 Å². The summed E-state index contributed by atoms with van der Waals surface area (Å²) in [5.74, 6) is -0.693. The number of likely N-dealkylation sites (tertiary alicyclic amines) is 1. The fourth-order valence-corrected chi connectivity index (χ4v) is 3.85. The zero-order valence-electron chi connectivity index (χ0n) is 16.3. The normalized spacial score (nSPS) is 14.6. The lowest BCUT2D eigenvalue weighted by molar-refractivity contribution is 0.0687. The summed E-state index contributed by atoms with van der Waals surface area (Å²) in [6.45, 7) is 1.24. The quantitative estimate of drug-likeness (QED) is 0.548. The third-order valence-electron chi connectivity index (χ3n) is 5.58. The van der Waals surface area contributed by atoms with E-state index in [4.69, 9.17) is 5.73 Å². The number of aromatic carboxylic acids is 1. The lowest BCUT2D eigenvalue weighted by Gasteiger charge is -2.32. The molecule has 1 heterocycles. The van der Waals surface area contributed by atoms with Gasteiger partial charge in [0, 0.05) is 25.1 Å². The topological polar surface area (TPSA) is 101 Å². The molecule has 0 atom stereocenters. The van der Waals surface area contributed by atoms with Crippen molar-refractivity contribution >= 4 is 23.3 Å². The number of amides is 1. The molecule has 6 nitrogen and oxygen atoms in total. The molecule has 3 N–H and O–H groups in total. The number of carboxylic acid groups (broad SMARTS) is 1. The molecule has 2 aromatic carbocycles. The fourth-order valence-electron chi connectivity index (χ4n) is 3.85. The Morgan fingerprint density at radius 1 is 0.966 bits per heavy atom. The van der Waals surface area contributed by atoms with Crippen LogP contribution in [-0.2, 0) is 0 Å². The van der Waals surface area contributed by atoms with Gasteiger partial charge in [-0.25, -0.2) is 4.79 Å². The SMILES string of the molecule is Nc1c(C(=O)O)cccc1C(=O)N1CCC(CCCC(=O)c2ccccc2)CC1. The minimum atomic E-state index is -1.14. The highest BCUT2D eigenvalue weighted by molar-refractivity contribution is 6.05. The molecular weight excluding hydrogens is 368 g/mol. The van der Waals surface area contributed by atoms with Crippen molar-refractivity contribution in [3.05, 3.63) is 65.2 Å². The van der Waals surface area contributed by atoms with Gasteiger partial charge in [0.2, 0.25) is 0 Å². The Morgan fingerprint density at radius 3 is 2.28 bits per heavy atom. The second kappa shape index (κ2) is 9.37. The van der Waals surface area contributed by atoms with E-state index < -0.39 is 5.97 Å². The van der Waals surface area contributed by atoms with Crippen LogP contribution in [0.1, 0.15) is 63.2 Å². The Labute approximate surface area is 170 Å². The van der Waals surface area contributed by atoms with E-state index in [-0.39, 0.29) is 28.5 Å². The van der Waals surface area contributed by atoms with Gasteiger partial charge in [-0.1, -0.05) is 36.4 Å². The minimum Gasteiger partial charge on any atom is -0.478 e. The molecular formula is C23H26N2O4. The maximum atomic E-state index is 12.8. The van der Waals surface area contributed by atoms with Gasteiger partial charge in [0.15, 0.2) is 5.78 Å². The number of rotatable bonds is 7. The number of ketones is 1. The highest BCUT2D eigenvalue weighted by atomic mass is 16.4. The van der Waals surface area contributed by atoms with Gasteiger partial charge < -0.3 is 15.7 Å². The highest BCUT2D eigenvalue weighted by Crippen LogP contribution is 2.26. The molecule has 0 spiro atoms. The van der Waals surface area contributed by atoms with E-state index in [0.717, 1.165) is 31.2 Å². The van der Waals surface area contributed by atoms with Gasteiger partial charge in [-0.3, -0.25) is 9.59 Å². The first-order chi connectivity index (χ1) is 14.0. The van der Waals surface area contributed by atoms with Crippen molar-refractivity contribution in [2.75, 3.05) is 18.8 Å². The molecule has 1 aliphatic heterocycles. The van der Waals surface area contributed by atoms with Crippen LogP contribution in [0.4, 0.5) is 5.69 Å². The molecule has 1 amide bonds. The lowest BCUT2D eigenvalue weighted by atomic mass is 9.90. The van der Waals surface area contributed by atoms with Crippen LogP contribution >= 0.6 is 0 Å². The van der Waals surface area contributed by atoms with Crippen molar-refractivity contribution in [2.45, 2.75) is 32.1 Å². The van der Waals surface area contributed by atoms with Gasteiger partial charge in [0.25, 0.3) is 5.91 Å². The maximum Gasteiger partial charge on any atom is 0.337 e. The van der Waals surface area contributed by atoms with Crippen LogP contribution in [-0.4, -0.2) is 40.8 Å². The van der Waals surface area contributed by atoms with E-state index in [9.17, 15) is 19.5 Å². The number of carbonyl (C=O) groups is 3. The third-order valence-corrected chi connectivity index (χ3v) is 5.58. The van der Waals surface area contributed by atoms with Crippen LogP contribution in [0.25, 0.3) is 0 Å². The summed E-state index contributed by atoms with van der Waals surface area (Å²) in [5, 5.41) is 9.18. The molecule has 1 fully saturated rings. The number of carboxylic acids is 1. The summed E-state index contributed by atoms with van der Waals surface area (Å²) in [6.07, 6.45) is 4.12. The van der Waals surface area contributed by atoms with E-state index in [0.29, 0.717) is 25.4 Å². The number of carbonyl (C=O) groups excluding carboxylic acids is 2. The van der Waals surface area contributed by atoms with Gasteiger partial charge in [0.1, 0.15) is 0 Å². The maximum absolute atomic E-state index is 12.8. The fraction of sp³-hybridized carbons (Fsp3) is 0.348. The van der Waals surface area contributed by atoms with E-state index in [1.165, 1.54) is 6.07 Å². The summed E-state index contributed by atoms with van der Waals surface area (Å²) >= 11 is 0. The standard InChI is InChI=1S/C23H26N2O4/c24-21-18(9-5-10-19(21)23(28)29)22(27)25-14-12-16(13-15-25)6-4-11-20(26)17-7-2-1-3-8-17/h1-3,5,7-10,16H,4,6,11-15,24H2,(H,28,29). The van der Waals surface area contributed by atoms with E-state index in [1.807, 2.05) is 30.3 Å². The van der Waals surface area contributed by atoms with Gasteiger partial charge in [0.05, 0.1) is 16.8 Å². The van der Waals surface area contributed by atoms with E-state index >= 15 is 0 Å². The number of benzene rings is 2. The molecule has 0 unspecified atom stereocenters. The molecule has 3 rings (SSSR count). The molecule has 0 saturated carbocycles. The van der Waals surface area contributed by atoms with Gasteiger partial charge in [-0.15, -0.1) is 0 Å². The average Bonchev–Trinajstić information content (AvgIpc) is 2.74. The molecule has 1 aliphatic rings. The Kier molecular flexibility index (Phi) is 6.65. The summed E-state index contributed by atoms with van der Waals surface area (Å²) in [4.78, 5) is 37.9. The zero-order chi connectivity index (χ0) is 20.8. The van der Waals surface area contributed by atoms with Crippen molar-refractivity contribution in [3.8, 4) is 0 Å². The van der Waals surface area contributed by atoms with Crippen molar-refractivity contribution in [3.63, 3.8) is 0 Å². The first-order valence-corrected chi connectivity index (χ1v) is 9.96. The second-order valence-electron chi connectivity index (χ2n) is 7.49. The monoisotopic (exact) mass is 394 g/mol. The number of nitrogens with two attached hydrogens (primary N) is 1. The molecule has 0 radical (unpaired) electrons. The van der Waals surface area contributed by atoms with Gasteiger partial charge >= 0.3 is 5.97 Å². The summed E-state index contributed by atoms with van der Waals surface area (Å²) < 4.78 is 0. The molecule has 6 heteroatoms. The van der Waals surface area contributed by atoms with Crippen molar-refractivity contribution in [2.24, 2.45) is 5.92 Å². The van der Waals surface area contributed by atoms with E-state index in [1.54, 1.807) is 17.0 Å². The summed E-state index contributed by atoms with van der Waals surface area (Å²) in [7, 11) is 0. The average molecular weight is 394 g/mol. The first kappa shape index (κ1) is 20.6. The number of hydrogen-bond acceptors (Lipinski definition) is 4. The molecule has 1 saturated heterocycles. The lowest BCUT2D eigenvalue weighted by Crippen LogP contribution is -2.38. The highest BCUT2D eigenvalue weighted by Gasteiger charge is 2.26. The largest absolute Gasteiger partial charge is 0.478 e. The number of para-hydroxylation sites is 1. The minimum absolute atomic E-state index is 0.0200. The second-order valence-corrected chi connectivity index (χ2v) is 7.49. The predicted molar refractivity (Wildman–Crippen MR) is 111 cm³/mol. The van der Waals surface area contributed by atoms with Crippen molar-refractivity contribution < 1.29 is 19.5 Å². The number of nitrogen functional groups attached to an aromatic ring is 1. The summed E-state index contributed by atoms with van der Waals surface area (Å²) in [6, 6.07) is 13.9. The van der Waals surface area contributed by atoms with Gasteiger partial charge in [-0.05, 0) is 43.7 Å². The Bertz CT molecular complexity index is 887. The molecule has 152 valence electrons. The molecule has 0 aromatic heterocycles. The summed E-state index contributed by atoms with van der Waals surface area (Å²) in [5.41, 5.74) is 6.88. The van der Waals surface area contributed by atoms with Crippen LogP contribution < -0.4 is 5.73 Å². The number of nitrogens with zero attached hydrogens (tertiary/aromatic N) is 1.